The lowest BCUT2D eigenvalue weighted by atomic mass is 9.71. The molecule has 2 aliphatic rings. The Hall–Kier alpha value is -2.15. The second-order valence-electron chi connectivity index (χ2n) is 9.93. The molecule has 0 unspecified atom stereocenters. The standard InChI is InChI=1S/C27H34ClFN2O3/c1-31(2)27(20-6-4-3-5-7-20)12-10-18(11-13-27)8-9-19-14-21(15-23(29)25(19)28)34-22-16-24(26(32)33)30-17-22/h3-7,14-15,18,22,24,30H,8-13,16-17H2,1-2H3,(H,32,33)/t18?,22-,24-,27?/m0/s1. The Morgan fingerprint density at radius 2 is 1.94 bits per heavy atom. The normalized spacial score (nSPS) is 27.1. The summed E-state index contributed by atoms with van der Waals surface area (Å²) in [5, 5.41) is 12.2. The summed E-state index contributed by atoms with van der Waals surface area (Å²) in [6.07, 6.45) is 6.13. The molecule has 7 heteroatoms. The van der Waals surface area contributed by atoms with Crippen molar-refractivity contribution in [2.75, 3.05) is 20.6 Å². The summed E-state index contributed by atoms with van der Waals surface area (Å²) in [5.74, 6) is -0.411. The van der Waals surface area contributed by atoms with Gasteiger partial charge in [-0.05, 0) is 75.7 Å². The van der Waals surface area contributed by atoms with Crippen LogP contribution >= 0.6 is 11.6 Å². The van der Waals surface area contributed by atoms with Gasteiger partial charge in [0.05, 0.1) is 5.02 Å². The lowest BCUT2D eigenvalue weighted by molar-refractivity contribution is -0.139. The van der Waals surface area contributed by atoms with Gasteiger partial charge >= 0.3 is 5.97 Å². The minimum atomic E-state index is -0.896. The molecule has 2 fully saturated rings. The van der Waals surface area contributed by atoms with Crippen LogP contribution in [0.2, 0.25) is 5.02 Å². The Balaban J connectivity index is 1.37. The van der Waals surface area contributed by atoms with Gasteiger partial charge in [-0.25, -0.2) is 4.39 Å². The molecule has 0 amide bonds. The number of carboxylic acids is 1. The predicted octanol–water partition coefficient (Wildman–Crippen LogP) is 5.25. The summed E-state index contributed by atoms with van der Waals surface area (Å²) in [6, 6.07) is 13.2. The van der Waals surface area contributed by atoms with Gasteiger partial charge in [0.25, 0.3) is 0 Å². The molecule has 0 radical (unpaired) electrons. The summed E-state index contributed by atoms with van der Waals surface area (Å²) >= 11 is 6.30. The molecule has 0 aromatic heterocycles. The molecule has 0 bridgehead atoms. The van der Waals surface area contributed by atoms with Gasteiger partial charge in [-0.3, -0.25) is 9.69 Å². The number of carbonyl (C=O) groups is 1. The zero-order valence-corrected chi connectivity index (χ0v) is 20.7. The molecule has 0 spiro atoms. The summed E-state index contributed by atoms with van der Waals surface area (Å²) in [7, 11) is 4.33. The fourth-order valence-electron chi connectivity index (χ4n) is 5.59. The fourth-order valence-corrected chi connectivity index (χ4v) is 5.79. The number of carboxylic acid groups (broad SMARTS) is 1. The minimum absolute atomic E-state index is 0.0679. The highest BCUT2D eigenvalue weighted by atomic mass is 35.5. The number of aliphatic carboxylic acids is 1. The highest BCUT2D eigenvalue weighted by Gasteiger charge is 2.38. The van der Waals surface area contributed by atoms with Crippen molar-refractivity contribution < 1.29 is 19.0 Å². The van der Waals surface area contributed by atoms with Crippen molar-refractivity contribution in [3.05, 3.63) is 64.4 Å². The SMILES string of the molecule is CN(C)C1(c2ccccc2)CCC(CCc2cc(O[C@@H]3CN[C@H](C(=O)O)C3)cc(F)c2Cl)CC1. The lowest BCUT2D eigenvalue weighted by Crippen LogP contribution is -2.44. The van der Waals surface area contributed by atoms with E-state index < -0.39 is 17.8 Å². The largest absolute Gasteiger partial charge is 0.489 e. The van der Waals surface area contributed by atoms with Crippen LogP contribution in [0, 0.1) is 11.7 Å². The Morgan fingerprint density at radius 1 is 1.24 bits per heavy atom. The van der Waals surface area contributed by atoms with Gasteiger partial charge in [-0.1, -0.05) is 41.9 Å². The van der Waals surface area contributed by atoms with E-state index >= 15 is 0 Å². The third-order valence-electron chi connectivity index (χ3n) is 7.69. The molecular weight excluding hydrogens is 455 g/mol. The zero-order chi connectivity index (χ0) is 24.3. The first kappa shape index (κ1) is 25.0. The molecular formula is C27H34ClFN2O3. The van der Waals surface area contributed by atoms with E-state index in [1.165, 1.54) is 11.6 Å². The van der Waals surface area contributed by atoms with Gasteiger partial charge in [0.2, 0.25) is 0 Å². The summed E-state index contributed by atoms with van der Waals surface area (Å²) < 4.78 is 20.4. The maximum Gasteiger partial charge on any atom is 0.320 e. The molecule has 1 saturated carbocycles. The van der Waals surface area contributed by atoms with E-state index in [-0.39, 0.29) is 16.7 Å². The Kier molecular flexibility index (Phi) is 7.80. The van der Waals surface area contributed by atoms with Crippen LogP contribution in [0.25, 0.3) is 0 Å². The lowest BCUT2D eigenvalue weighted by Gasteiger charge is -2.45. The number of aryl methyl sites for hydroxylation is 1. The molecule has 5 nitrogen and oxygen atoms in total. The molecule has 1 aliphatic carbocycles. The molecule has 1 aliphatic heterocycles. The van der Waals surface area contributed by atoms with Crippen LogP contribution in [0.15, 0.2) is 42.5 Å². The topological polar surface area (TPSA) is 61.8 Å². The third-order valence-corrected chi connectivity index (χ3v) is 8.11. The molecule has 34 heavy (non-hydrogen) atoms. The van der Waals surface area contributed by atoms with E-state index in [0.29, 0.717) is 31.1 Å². The number of benzene rings is 2. The van der Waals surface area contributed by atoms with E-state index in [9.17, 15) is 9.18 Å². The number of hydrogen-bond acceptors (Lipinski definition) is 4. The van der Waals surface area contributed by atoms with Crippen molar-refractivity contribution in [1.82, 2.24) is 10.2 Å². The average Bonchev–Trinajstić information content (AvgIpc) is 3.30. The number of halogens is 2. The molecule has 1 saturated heterocycles. The number of hydrogen-bond donors (Lipinski definition) is 2. The first-order valence-electron chi connectivity index (χ1n) is 12.1. The summed E-state index contributed by atoms with van der Waals surface area (Å²) in [5.41, 5.74) is 2.20. The average molecular weight is 489 g/mol. The number of rotatable bonds is 8. The maximum atomic E-state index is 14.5. The van der Waals surface area contributed by atoms with E-state index in [4.69, 9.17) is 21.4 Å². The van der Waals surface area contributed by atoms with Crippen molar-refractivity contribution in [2.45, 2.75) is 62.6 Å². The van der Waals surface area contributed by atoms with Crippen LogP contribution in [0.4, 0.5) is 4.39 Å². The second-order valence-corrected chi connectivity index (χ2v) is 10.3. The monoisotopic (exact) mass is 488 g/mol. The number of nitrogens with one attached hydrogen (secondary N) is 1. The van der Waals surface area contributed by atoms with Gasteiger partial charge < -0.3 is 15.2 Å². The van der Waals surface area contributed by atoms with Gasteiger partial charge in [0.1, 0.15) is 23.7 Å². The van der Waals surface area contributed by atoms with Crippen molar-refractivity contribution >= 4 is 17.6 Å². The minimum Gasteiger partial charge on any atom is -0.489 e. The van der Waals surface area contributed by atoms with Gasteiger partial charge in [-0.15, -0.1) is 0 Å². The molecule has 184 valence electrons. The summed E-state index contributed by atoms with van der Waals surface area (Å²) in [4.78, 5) is 13.5. The van der Waals surface area contributed by atoms with Crippen LogP contribution < -0.4 is 10.1 Å². The molecule has 2 N–H and O–H groups in total. The van der Waals surface area contributed by atoms with E-state index in [1.807, 2.05) is 6.07 Å². The van der Waals surface area contributed by atoms with Crippen LogP contribution in [0.5, 0.6) is 5.75 Å². The fraction of sp³-hybridized carbons (Fsp3) is 0.519. The first-order valence-corrected chi connectivity index (χ1v) is 12.5. The van der Waals surface area contributed by atoms with E-state index in [2.05, 4.69) is 54.6 Å². The summed E-state index contributed by atoms with van der Waals surface area (Å²) in [6.45, 7) is 0.424. The van der Waals surface area contributed by atoms with Crippen LogP contribution in [-0.2, 0) is 16.8 Å². The highest BCUT2D eigenvalue weighted by Crippen LogP contribution is 2.44. The Labute approximate surface area is 206 Å². The van der Waals surface area contributed by atoms with Gasteiger partial charge in [0.15, 0.2) is 0 Å². The van der Waals surface area contributed by atoms with Crippen LogP contribution in [-0.4, -0.2) is 48.8 Å². The zero-order valence-electron chi connectivity index (χ0n) is 19.9. The van der Waals surface area contributed by atoms with Crippen molar-refractivity contribution in [1.29, 1.82) is 0 Å². The van der Waals surface area contributed by atoms with E-state index in [1.54, 1.807) is 0 Å². The predicted molar refractivity (Wildman–Crippen MR) is 132 cm³/mol. The Morgan fingerprint density at radius 3 is 2.56 bits per heavy atom. The first-order chi connectivity index (χ1) is 16.3. The maximum absolute atomic E-state index is 14.5. The smallest absolute Gasteiger partial charge is 0.320 e. The molecule has 2 atom stereocenters. The molecule has 1 heterocycles. The molecule has 2 aromatic rings. The molecule has 2 aromatic carbocycles. The van der Waals surface area contributed by atoms with Crippen LogP contribution in [0.3, 0.4) is 0 Å². The molecule has 4 rings (SSSR count). The third kappa shape index (κ3) is 5.40. The van der Waals surface area contributed by atoms with Crippen molar-refractivity contribution in [2.24, 2.45) is 5.92 Å². The second kappa shape index (κ2) is 10.6. The highest BCUT2D eigenvalue weighted by molar-refractivity contribution is 6.31. The number of nitrogens with zero attached hydrogens (tertiary/aromatic N) is 1. The quantitative estimate of drug-likeness (QED) is 0.531. The van der Waals surface area contributed by atoms with Gasteiger partial charge in [0, 0.05) is 24.6 Å². The van der Waals surface area contributed by atoms with E-state index in [0.717, 1.165) is 37.7 Å². The van der Waals surface area contributed by atoms with Crippen molar-refractivity contribution in [3.63, 3.8) is 0 Å². The number of ether oxygens (including phenoxy) is 1. The van der Waals surface area contributed by atoms with Crippen molar-refractivity contribution in [3.8, 4) is 5.75 Å². The Bertz CT molecular complexity index is 993. The van der Waals surface area contributed by atoms with Crippen LogP contribution in [0.1, 0.15) is 49.7 Å². The van der Waals surface area contributed by atoms with Gasteiger partial charge in [-0.2, -0.15) is 0 Å².